The van der Waals surface area contributed by atoms with Crippen molar-refractivity contribution in [1.29, 1.82) is 0 Å². The van der Waals surface area contributed by atoms with Crippen molar-refractivity contribution in [3.63, 3.8) is 0 Å². The molecule has 0 aliphatic rings. The Bertz CT molecular complexity index is 476. The van der Waals surface area contributed by atoms with E-state index < -0.39 is 0 Å². The van der Waals surface area contributed by atoms with Crippen molar-refractivity contribution in [3.8, 4) is 5.75 Å². The van der Waals surface area contributed by atoms with Crippen LogP contribution in [-0.4, -0.2) is 13.2 Å². The van der Waals surface area contributed by atoms with Gasteiger partial charge in [-0.2, -0.15) is 11.3 Å². The molecule has 0 spiro atoms. The summed E-state index contributed by atoms with van der Waals surface area (Å²) in [5, 5.41) is 7.72. The fourth-order valence-electron chi connectivity index (χ4n) is 2.08. The highest BCUT2D eigenvalue weighted by Gasteiger charge is 2.10. The molecule has 0 saturated heterocycles. The minimum atomic E-state index is 0.219. The quantitative estimate of drug-likeness (QED) is 0.859. The second kappa shape index (κ2) is 6.73. The number of thiophene rings is 1. The molecule has 19 heavy (non-hydrogen) atoms. The summed E-state index contributed by atoms with van der Waals surface area (Å²) in [5.74, 6) is 0.934. The number of hydrogen-bond acceptors (Lipinski definition) is 3. The smallest absolute Gasteiger partial charge is 0.119 e. The second-order valence-electron chi connectivity index (χ2n) is 4.91. The summed E-state index contributed by atoms with van der Waals surface area (Å²) in [6.45, 7) is 4.09. The van der Waals surface area contributed by atoms with Crippen molar-refractivity contribution in [2.75, 3.05) is 7.05 Å². The Kier molecular flexibility index (Phi) is 5.00. The van der Waals surface area contributed by atoms with Gasteiger partial charge in [0, 0.05) is 6.04 Å². The van der Waals surface area contributed by atoms with E-state index in [1.54, 1.807) is 11.3 Å². The van der Waals surface area contributed by atoms with Crippen LogP contribution in [0.2, 0.25) is 0 Å². The van der Waals surface area contributed by atoms with E-state index in [4.69, 9.17) is 4.74 Å². The molecular weight excluding hydrogens is 254 g/mol. The van der Waals surface area contributed by atoms with Crippen molar-refractivity contribution < 1.29 is 4.74 Å². The number of benzene rings is 1. The van der Waals surface area contributed by atoms with Crippen LogP contribution in [0.15, 0.2) is 41.1 Å². The molecule has 102 valence electrons. The van der Waals surface area contributed by atoms with Gasteiger partial charge < -0.3 is 10.1 Å². The molecule has 0 bridgehead atoms. The first kappa shape index (κ1) is 14.1. The molecule has 1 unspecified atom stereocenters. The van der Waals surface area contributed by atoms with Crippen LogP contribution in [-0.2, 0) is 6.42 Å². The van der Waals surface area contributed by atoms with Gasteiger partial charge in [0.15, 0.2) is 0 Å². The van der Waals surface area contributed by atoms with E-state index in [0.717, 1.165) is 12.2 Å². The second-order valence-corrected chi connectivity index (χ2v) is 5.69. The van der Waals surface area contributed by atoms with E-state index in [1.165, 1.54) is 11.1 Å². The predicted octanol–water partition coefficient (Wildman–Crippen LogP) is 4.04. The lowest BCUT2D eigenvalue weighted by Gasteiger charge is -2.17. The van der Waals surface area contributed by atoms with E-state index >= 15 is 0 Å². The van der Waals surface area contributed by atoms with Crippen LogP contribution in [0.25, 0.3) is 0 Å². The van der Waals surface area contributed by atoms with E-state index in [-0.39, 0.29) is 6.10 Å². The molecule has 0 amide bonds. The molecule has 0 aliphatic carbocycles. The molecule has 0 radical (unpaired) electrons. The topological polar surface area (TPSA) is 21.3 Å². The lowest BCUT2D eigenvalue weighted by atomic mass is 10.0. The molecule has 2 rings (SSSR count). The zero-order chi connectivity index (χ0) is 13.7. The van der Waals surface area contributed by atoms with Crippen molar-refractivity contribution in [2.45, 2.75) is 32.4 Å². The number of likely N-dealkylation sites (N-methyl/N-ethyl adjacent to an activating group) is 1. The largest absolute Gasteiger partial charge is 0.491 e. The lowest BCUT2D eigenvalue weighted by molar-refractivity contribution is 0.242. The van der Waals surface area contributed by atoms with Gasteiger partial charge in [0.2, 0.25) is 0 Å². The fraction of sp³-hybridized carbons (Fsp3) is 0.375. The molecule has 2 nitrogen and oxygen atoms in total. The Hall–Kier alpha value is -1.32. The summed E-state index contributed by atoms with van der Waals surface area (Å²) in [5.41, 5.74) is 2.68. The Morgan fingerprint density at radius 3 is 2.42 bits per heavy atom. The average Bonchev–Trinajstić information content (AvgIpc) is 2.89. The third-order valence-corrected chi connectivity index (χ3v) is 3.75. The Balaban J connectivity index is 2.06. The molecule has 2 aromatic rings. The predicted molar refractivity (Wildman–Crippen MR) is 82.0 cm³/mol. The van der Waals surface area contributed by atoms with Gasteiger partial charge in [-0.3, -0.25) is 0 Å². The lowest BCUT2D eigenvalue weighted by Crippen LogP contribution is -2.18. The Morgan fingerprint density at radius 1 is 1.16 bits per heavy atom. The highest BCUT2D eigenvalue weighted by Crippen LogP contribution is 2.22. The van der Waals surface area contributed by atoms with Gasteiger partial charge in [-0.05, 0) is 67.4 Å². The van der Waals surface area contributed by atoms with Crippen molar-refractivity contribution in [1.82, 2.24) is 5.32 Å². The molecule has 1 N–H and O–H groups in total. The highest BCUT2D eigenvalue weighted by molar-refractivity contribution is 7.07. The minimum absolute atomic E-state index is 0.219. The van der Waals surface area contributed by atoms with Gasteiger partial charge in [0.25, 0.3) is 0 Å². The molecule has 3 heteroatoms. The van der Waals surface area contributed by atoms with Crippen LogP contribution in [0.4, 0.5) is 0 Å². The molecule has 1 aromatic carbocycles. The molecule has 0 saturated carbocycles. The zero-order valence-corrected chi connectivity index (χ0v) is 12.5. The van der Waals surface area contributed by atoms with Crippen LogP contribution < -0.4 is 10.1 Å². The van der Waals surface area contributed by atoms with Gasteiger partial charge in [-0.15, -0.1) is 0 Å². The number of ether oxygens (including phenoxy) is 1. The summed E-state index contributed by atoms with van der Waals surface area (Å²) >= 11 is 1.75. The van der Waals surface area contributed by atoms with Crippen LogP contribution in [0.3, 0.4) is 0 Å². The van der Waals surface area contributed by atoms with Crippen molar-refractivity contribution in [3.05, 3.63) is 52.2 Å². The highest BCUT2D eigenvalue weighted by atomic mass is 32.1. The fourth-order valence-corrected chi connectivity index (χ4v) is 2.76. The van der Waals surface area contributed by atoms with Gasteiger partial charge in [0.1, 0.15) is 5.75 Å². The molecule has 0 aliphatic heterocycles. The molecule has 0 fully saturated rings. The van der Waals surface area contributed by atoms with Gasteiger partial charge >= 0.3 is 0 Å². The molecule has 1 aromatic heterocycles. The number of hydrogen-bond donors (Lipinski definition) is 1. The summed E-state index contributed by atoms with van der Waals surface area (Å²) < 4.78 is 5.67. The SMILES string of the molecule is CNC(Cc1ccsc1)c1ccc(OC(C)C)cc1. The van der Waals surface area contributed by atoms with E-state index in [9.17, 15) is 0 Å². The van der Waals surface area contributed by atoms with Crippen LogP contribution in [0.5, 0.6) is 5.75 Å². The van der Waals surface area contributed by atoms with Gasteiger partial charge in [-0.1, -0.05) is 12.1 Å². The maximum atomic E-state index is 5.67. The summed E-state index contributed by atoms with van der Waals surface area (Å²) in [4.78, 5) is 0. The van der Waals surface area contributed by atoms with Crippen LogP contribution in [0, 0.1) is 0 Å². The normalized spacial score (nSPS) is 12.6. The number of nitrogens with one attached hydrogen (secondary N) is 1. The first-order valence-electron chi connectivity index (χ1n) is 6.64. The van der Waals surface area contributed by atoms with E-state index in [2.05, 4.69) is 34.3 Å². The maximum Gasteiger partial charge on any atom is 0.119 e. The van der Waals surface area contributed by atoms with E-state index in [1.807, 2.05) is 33.0 Å². The Morgan fingerprint density at radius 2 is 1.89 bits per heavy atom. The molecule has 1 atom stereocenters. The summed E-state index contributed by atoms with van der Waals surface area (Å²) in [6.07, 6.45) is 1.24. The summed E-state index contributed by atoms with van der Waals surface area (Å²) in [7, 11) is 2.01. The van der Waals surface area contributed by atoms with Crippen LogP contribution >= 0.6 is 11.3 Å². The molecular formula is C16H21NOS. The Labute approximate surface area is 119 Å². The van der Waals surface area contributed by atoms with Crippen molar-refractivity contribution in [2.24, 2.45) is 0 Å². The van der Waals surface area contributed by atoms with Gasteiger partial charge in [0.05, 0.1) is 6.10 Å². The third-order valence-electron chi connectivity index (χ3n) is 3.02. The zero-order valence-electron chi connectivity index (χ0n) is 11.7. The average molecular weight is 275 g/mol. The maximum absolute atomic E-state index is 5.67. The molecule has 1 heterocycles. The van der Waals surface area contributed by atoms with Gasteiger partial charge in [-0.25, -0.2) is 0 Å². The number of rotatable bonds is 6. The van der Waals surface area contributed by atoms with Crippen LogP contribution in [0.1, 0.15) is 31.0 Å². The van der Waals surface area contributed by atoms with Crippen molar-refractivity contribution >= 4 is 11.3 Å². The first-order chi connectivity index (χ1) is 9.19. The summed E-state index contributed by atoms with van der Waals surface area (Å²) in [6, 6.07) is 10.9. The minimum Gasteiger partial charge on any atom is -0.491 e. The third kappa shape index (κ3) is 4.08. The monoisotopic (exact) mass is 275 g/mol. The van der Waals surface area contributed by atoms with E-state index in [0.29, 0.717) is 6.04 Å². The standard InChI is InChI=1S/C16H21NOS/c1-12(2)18-15-6-4-14(5-7-15)16(17-3)10-13-8-9-19-11-13/h4-9,11-12,16-17H,10H2,1-3H3. The first-order valence-corrected chi connectivity index (χ1v) is 7.58.